The van der Waals surface area contributed by atoms with Gasteiger partial charge in [-0.2, -0.15) is 0 Å². The Labute approximate surface area is 422 Å². The van der Waals surface area contributed by atoms with E-state index in [1.807, 2.05) is 0 Å². The second-order valence-electron chi connectivity index (χ2n) is 19.3. The molecule has 0 bridgehead atoms. The predicted molar refractivity (Wildman–Crippen MR) is 306 cm³/mol. The van der Waals surface area contributed by atoms with E-state index in [0.29, 0.717) is 5.92 Å². The Kier molecular flexibility index (Phi) is 11.4. The van der Waals surface area contributed by atoms with Crippen LogP contribution in [0.3, 0.4) is 0 Å². The van der Waals surface area contributed by atoms with Crippen molar-refractivity contribution < 1.29 is 0 Å². The van der Waals surface area contributed by atoms with Crippen molar-refractivity contribution in [1.29, 1.82) is 0 Å². The van der Waals surface area contributed by atoms with Crippen molar-refractivity contribution in [3.05, 3.63) is 288 Å². The van der Waals surface area contributed by atoms with Crippen LogP contribution in [0.1, 0.15) is 49.1 Å². The van der Waals surface area contributed by atoms with Crippen LogP contribution in [0.15, 0.2) is 266 Å². The quantitative estimate of drug-likeness (QED) is 0.126. The molecule has 0 heterocycles. The number of anilines is 4. The van der Waals surface area contributed by atoms with Crippen LogP contribution in [-0.2, 0) is 0 Å². The molecule has 2 nitrogen and oxygen atoms in total. The minimum atomic E-state index is 0.337. The van der Waals surface area contributed by atoms with Gasteiger partial charge in [0.05, 0.1) is 0 Å². The van der Waals surface area contributed by atoms with Gasteiger partial charge in [-0.1, -0.05) is 200 Å². The van der Waals surface area contributed by atoms with Crippen molar-refractivity contribution in [2.45, 2.75) is 38.0 Å². The van der Waals surface area contributed by atoms with Crippen molar-refractivity contribution in [2.75, 3.05) is 9.80 Å². The number of rotatable bonds is 10. The van der Waals surface area contributed by atoms with E-state index in [1.165, 1.54) is 93.1 Å². The molecule has 0 saturated heterocycles. The third-order valence-corrected chi connectivity index (χ3v) is 15.1. The van der Waals surface area contributed by atoms with E-state index in [9.17, 15) is 0 Å². The summed E-state index contributed by atoms with van der Waals surface area (Å²) in [5.41, 5.74) is 16.1. The van der Waals surface area contributed by atoms with E-state index >= 15 is 0 Å². The van der Waals surface area contributed by atoms with E-state index in [2.05, 4.69) is 271 Å². The van der Waals surface area contributed by atoms with Crippen LogP contribution >= 0.6 is 0 Å². The smallest absolute Gasteiger partial charge is 0.0468 e. The summed E-state index contributed by atoms with van der Waals surface area (Å²) in [4.78, 5) is 4.97. The average Bonchev–Trinajstić information content (AvgIpc) is 3.46. The molecule has 0 N–H and O–H groups in total. The SMILES string of the molecule is C1=CCCC(N(c2ccc(-c3ccccc3)cc2)c2ccc3c(-c4cccc5ccccc45)c4cc(N(C5=CCC(c6ccccc6)C=C5)c5ccccc5)ccc4c(C4=c5ccccc5=CCC4)c3c2)=C1. The largest absolute Gasteiger partial charge is 0.314 e. The van der Waals surface area contributed by atoms with Crippen molar-refractivity contribution in [3.63, 3.8) is 0 Å². The Bertz CT molecular complexity index is 3930. The Morgan fingerprint density at radius 1 is 0.431 bits per heavy atom. The summed E-state index contributed by atoms with van der Waals surface area (Å²) in [6, 6.07) is 81.1. The highest BCUT2D eigenvalue weighted by molar-refractivity contribution is 6.22. The lowest BCUT2D eigenvalue weighted by molar-refractivity contribution is 0.840. The van der Waals surface area contributed by atoms with Crippen LogP contribution < -0.4 is 20.2 Å². The van der Waals surface area contributed by atoms with Crippen LogP contribution in [0.5, 0.6) is 0 Å². The summed E-state index contributed by atoms with van der Waals surface area (Å²) < 4.78 is 0. The van der Waals surface area contributed by atoms with Gasteiger partial charge in [0.1, 0.15) is 0 Å². The highest BCUT2D eigenvalue weighted by atomic mass is 15.2. The maximum atomic E-state index is 2.52. The molecule has 72 heavy (non-hydrogen) atoms. The average molecular weight is 923 g/mol. The number of allylic oxidation sites excluding steroid dienone is 7. The molecule has 0 aliphatic heterocycles. The normalized spacial score (nSPS) is 15.2. The fourth-order valence-electron chi connectivity index (χ4n) is 11.7. The zero-order valence-electron chi connectivity index (χ0n) is 40.3. The van der Waals surface area contributed by atoms with Crippen LogP contribution in [0.4, 0.5) is 22.7 Å². The van der Waals surface area contributed by atoms with Crippen molar-refractivity contribution in [1.82, 2.24) is 0 Å². The molecular formula is C70H54N2. The first-order chi connectivity index (χ1) is 35.7. The van der Waals surface area contributed by atoms with Gasteiger partial charge in [0.25, 0.3) is 0 Å². The lowest BCUT2D eigenvalue weighted by Crippen LogP contribution is -2.29. The Balaban J connectivity index is 1.09. The topological polar surface area (TPSA) is 6.48 Å². The van der Waals surface area contributed by atoms with Gasteiger partial charge in [0.2, 0.25) is 0 Å². The first-order valence-electron chi connectivity index (χ1n) is 25.6. The fraction of sp³-hybridized carbons (Fsp3) is 0.0857. The monoisotopic (exact) mass is 922 g/mol. The van der Waals surface area contributed by atoms with Crippen molar-refractivity contribution >= 4 is 66.7 Å². The molecule has 0 fully saturated rings. The zero-order valence-corrected chi connectivity index (χ0v) is 40.3. The Hall–Kier alpha value is -8.72. The third-order valence-electron chi connectivity index (χ3n) is 15.1. The minimum Gasteiger partial charge on any atom is -0.314 e. The Morgan fingerprint density at radius 2 is 1.07 bits per heavy atom. The molecule has 0 aromatic heterocycles. The van der Waals surface area contributed by atoms with E-state index < -0.39 is 0 Å². The fourth-order valence-corrected chi connectivity index (χ4v) is 11.7. The lowest BCUT2D eigenvalue weighted by Gasteiger charge is -2.31. The van der Waals surface area contributed by atoms with E-state index in [-0.39, 0.29) is 0 Å². The predicted octanol–water partition coefficient (Wildman–Crippen LogP) is 17.4. The van der Waals surface area contributed by atoms with E-state index in [1.54, 1.807) is 0 Å². The molecule has 0 spiro atoms. The summed E-state index contributed by atoms with van der Waals surface area (Å²) in [7, 11) is 0. The summed E-state index contributed by atoms with van der Waals surface area (Å²) in [6.07, 6.45) is 21.2. The van der Waals surface area contributed by atoms with Crippen LogP contribution in [-0.4, -0.2) is 0 Å². The lowest BCUT2D eigenvalue weighted by atomic mass is 9.82. The van der Waals surface area contributed by atoms with Gasteiger partial charge >= 0.3 is 0 Å². The number of hydrogen-bond donors (Lipinski definition) is 0. The van der Waals surface area contributed by atoms with E-state index in [4.69, 9.17) is 0 Å². The number of benzene rings is 10. The van der Waals surface area contributed by atoms with Crippen LogP contribution in [0.25, 0.3) is 66.2 Å². The molecule has 0 amide bonds. The molecule has 1 unspecified atom stereocenters. The molecule has 10 aromatic rings. The number of hydrogen-bond acceptors (Lipinski definition) is 2. The molecular weight excluding hydrogens is 869 g/mol. The van der Waals surface area contributed by atoms with Gasteiger partial charge < -0.3 is 9.80 Å². The first kappa shape index (κ1) is 43.3. The maximum absolute atomic E-state index is 2.52. The molecule has 0 saturated carbocycles. The second-order valence-corrected chi connectivity index (χ2v) is 19.3. The van der Waals surface area contributed by atoms with Gasteiger partial charge in [-0.25, -0.2) is 0 Å². The maximum Gasteiger partial charge on any atom is 0.0468 e. The van der Waals surface area contributed by atoms with Gasteiger partial charge in [0.15, 0.2) is 0 Å². The van der Waals surface area contributed by atoms with Gasteiger partial charge in [0, 0.05) is 40.1 Å². The summed E-state index contributed by atoms with van der Waals surface area (Å²) in [5.74, 6) is 0.337. The van der Waals surface area contributed by atoms with Crippen LogP contribution in [0, 0.1) is 0 Å². The van der Waals surface area contributed by atoms with Crippen molar-refractivity contribution in [3.8, 4) is 22.3 Å². The number of nitrogens with zero attached hydrogens (tertiary/aromatic N) is 2. The molecule has 344 valence electrons. The molecule has 0 radical (unpaired) electrons. The summed E-state index contributed by atoms with van der Waals surface area (Å²) in [5, 5.41) is 10.1. The Morgan fingerprint density at radius 3 is 1.83 bits per heavy atom. The molecule has 2 heteroatoms. The van der Waals surface area contributed by atoms with Gasteiger partial charge in [-0.05, 0) is 174 Å². The molecule has 3 aliphatic carbocycles. The van der Waals surface area contributed by atoms with Crippen LogP contribution in [0.2, 0.25) is 0 Å². The number of fused-ring (bicyclic) bond motifs is 4. The first-order valence-corrected chi connectivity index (χ1v) is 25.6. The summed E-state index contributed by atoms with van der Waals surface area (Å²) in [6.45, 7) is 0. The second kappa shape index (κ2) is 18.9. The summed E-state index contributed by atoms with van der Waals surface area (Å²) >= 11 is 0. The third kappa shape index (κ3) is 7.96. The van der Waals surface area contributed by atoms with Gasteiger partial charge in [-0.3, -0.25) is 0 Å². The van der Waals surface area contributed by atoms with Gasteiger partial charge in [-0.15, -0.1) is 0 Å². The number of para-hydroxylation sites is 1. The minimum absolute atomic E-state index is 0.337. The van der Waals surface area contributed by atoms with Crippen molar-refractivity contribution in [2.24, 2.45) is 0 Å². The van der Waals surface area contributed by atoms with E-state index in [0.717, 1.165) is 54.9 Å². The highest BCUT2D eigenvalue weighted by Gasteiger charge is 2.26. The standard InChI is InChI=1S/C70H54N2/c1-5-19-49(20-6-1)51-35-39-57(40-36-51)71(55-27-9-3-10-28-55)59-43-45-65-67(47-59)69(63-33-17-25-53-23-13-15-31-61(53)63)66-46-44-60(48-68(66)70(65)64-34-18-26-54-24-14-16-32-62(54)64)72(56-29-11-4-12-30-56)58-41-37-52(38-42-58)50-21-7-2-8-22-50/h1-11,13-17,19-29,31-33,35,37-48,51H,12,18,30,34,36H2. The molecule has 1 atom stereocenters. The molecule has 10 aromatic carbocycles. The molecule has 3 aliphatic rings. The molecule has 13 rings (SSSR count). The highest BCUT2D eigenvalue weighted by Crippen LogP contribution is 2.48. The zero-order chi connectivity index (χ0) is 47.8.